The van der Waals surface area contributed by atoms with Crippen molar-refractivity contribution in [2.24, 2.45) is 11.7 Å². The third kappa shape index (κ3) is 3.67. The molecule has 0 radical (unpaired) electrons. The topological polar surface area (TPSA) is 43.1 Å². The molecule has 2 nitrogen and oxygen atoms in total. The Morgan fingerprint density at radius 1 is 1.06 bits per heavy atom. The molecule has 0 unspecified atom stereocenters. The van der Waals surface area contributed by atoms with Gasteiger partial charge in [0.15, 0.2) is 5.78 Å². The predicted octanol–water partition coefficient (Wildman–Crippen LogP) is 3.35. The molecule has 2 rings (SSSR count). The SMILES string of the molecule is NC1CCC(C(=O)C2=CCCCCCC2)CC1. The second-order valence-electron chi connectivity index (χ2n) is 5.66. The molecule has 1 fully saturated rings. The Hall–Kier alpha value is -0.630. The molecule has 0 aromatic heterocycles. The van der Waals surface area contributed by atoms with Crippen LogP contribution in [0.5, 0.6) is 0 Å². The second-order valence-corrected chi connectivity index (χ2v) is 5.66. The maximum Gasteiger partial charge on any atom is 0.161 e. The molecule has 17 heavy (non-hydrogen) atoms. The normalized spacial score (nSPS) is 31.2. The molecule has 2 N–H and O–H groups in total. The molecule has 0 heterocycles. The van der Waals surface area contributed by atoms with Crippen LogP contribution in [-0.4, -0.2) is 11.8 Å². The minimum Gasteiger partial charge on any atom is -0.328 e. The van der Waals surface area contributed by atoms with E-state index in [9.17, 15) is 4.79 Å². The maximum atomic E-state index is 12.4. The fourth-order valence-electron chi connectivity index (χ4n) is 3.06. The summed E-state index contributed by atoms with van der Waals surface area (Å²) in [7, 11) is 0. The van der Waals surface area contributed by atoms with E-state index in [2.05, 4.69) is 6.08 Å². The van der Waals surface area contributed by atoms with E-state index in [0.29, 0.717) is 11.8 Å². The molecule has 0 aliphatic heterocycles. The number of hydrogen-bond acceptors (Lipinski definition) is 2. The summed E-state index contributed by atoms with van der Waals surface area (Å²) >= 11 is 0. The highest BCUT2D eigenvalue weighted by molar-refractivity contribution is 5.97. The number of hydrogen-bond donors (Lipinski definition) is 1. The van der Waals surface area contributed by atoms with Crippen molar-refractivity contribution < 1.29 is 4.79 Å². The summed E-state index contributed by atoms with van der Waals surface area (Å²) in [6.45, 7) is 0. The number of ketones is 1. The van der Waals surface area contributed by atoms with Crippen LogP contribution in [0.3, 0.4) is 0 Å². The summed E-state index contributed by atoms with van der Waals surface area (Å²) in [5.41, 5.74) is 7.03. The summed E-state index contributed by atoms with van der Waals surface area (Å²) < 4.78 is 0. The van der Waals surface area contributed by atoms with E-state index in [1.54, 1.807) is 0 Å². The van der Waals surface area contributed by atoms with Crippen molar-refractivity contribution in [3.05, 3.63) is 11.6 Å². The first kappa shape index (κ1) is 12.8. The van der Waals surface area contributed by atoms with Gasteiger partial charge in [0, 0.05) is 12.0 Å². The zero-order valence-electron chi connectivity index (χ0n) is 10.8. The van der Waals surface area contributed by atoms with Crippen molar-refractivity contribution in [3.8, 4) is 0 Å². The zero-order valence-corrected chi connectivity index (χ0v) is 10.8. The van der Waals surface area contributed by atoms with Crippen molar-refractivity contribution in [1.82, 2.24) is 0 Å². The van der Waals surface area contributed by atoms with Crippen LogP contribution in [-0.2, 0) is 4.79 Å². The van der Waals surface area contributed by atoms with Crippen molar-refractivity contribution in [3.63, 3.8) is 0 Å². The van der Waals surface area contributed by atoms with Crippen LogP contribution in [0.1, 0.15) is 64.2 Å². The van der Waals surface area contributed by atoms with Gasteiger partial charge in [-0.15, -0.1) is 0 Å². The Morgan fingerprint density at radius 2 is 1.76 bits per heavy atom. The van der Waals surface area contributed by atoms with Gasteiger partial charge in [-0.3, -0.25) is 4.79 Å². The Bertz CT molecular complexity index is 287. The van der Waals surface area contributed by atoms with Crippen molar-refractivity contribution in [1.29, 1.82) is 0 Å². The van der Waals surface area contributed by atoms with Gasteiger partial charge >= 0.3 is 0 Å². The van der Waals surface area contributed by atoms with Crippen LogP contribution in [0, 0.1) is 5.92 Å². The van der Waals surface area contributed by atoms with E-state index in [4.69, 9.17) is 5.73 Å². The predicted molar refractivity (Wildman–Crippen MR) is 70.7 cm³/mol. The van der Waals surface area contributed by atoms with E-state index in [1.165, 1.54) is 25.7 Å². The number of carbonyl (C=O) groups is 1. The molecule has 2 aliphatic carbocycles. The first-order valence-corrected chi connectivity index (χ1v) is 7.26. The van der Waals surface area contributed by atoms with Gasteiger partial charge in [-0.05, 0) is 56.9 Å². The summed E-state index contributed by atoms with van der Waals surface area (Å²) in [4.78, 5) is 12.4. The Kier molecular flexibility index (Phi) is 4.78. The van der Waals surface area contributed by atoms with Crippen LogP contribution in [0.15, 0.2) is 11.6 Å². The second kappa shape index (κ2) is 6.34. The standard InChI is InChI=1S/C15H25NO/c16-14-10-8-13(9-11-14)15(17)12-6-4-2-1-3-5-7-12/h6,13-14H,1-5,7-11,16H2. The lowest BCUT2D eigenvalue weighted by molar-refractivity contribution is -0.120. The quantitative estimate of drug-likeness (QED) is 0.797. The molecular weight excluding hydrogens is 210 g/mol. The van der Waals surface area contributed by atoms with Crippen LogP contribution >= 0.6 is 0 Å². The Morgan fingerprint density at radius 3 is 2.53 bits per heavy atom. The fraction of sp³-hybridized carbons (Fsp3) is 0.800. The van der Waals surface area contributed by atoms with Crippen LogP contribution in [0.2, 0.25) is 0 Å². The summed E-state index contributed by atoms with van der Waals surface area (Å²) in [6.07, 6.45) is 13.5. The van der Waals surface area contributed by atoms with Crippen LogP contribution < -0.4 is 5.73 Å². The van der Waals surface area contributed by atoms with E-state index in [0.717, 1.165) is 44.1 Å². The summed E-state index contributed by atoms with van der Waals surface area (Å²) in [5, 5.41) is 0. The van der Waals surface area contributed by atoms with Gasteiger partial charge in [-0.1, -0.05) is 18.9 Å². The molecule has 0 amide bonds. The van der Waals surface area contributed by atoms with Gasteiger partial charge < -0.3 is 5.73 Å². The van der Waals surface area contributed by atoms with E-state index < -0.39 is 0 Å². The van der Waals surface area contributed by atoms with Gasteiger partial charge in [-0.2, -0.15) is 0 Å². The van der Waals surface area contributed by atoms with E-state index >= 15 is 0 Å². The van der Waals surface area contributed by atoms with Crippen LogP contribution in [0.4, 0.5) is 0 Å². The molecule has 2 aliphatic rings. The smallest absolute Gasteiger partial charge is 0.161 e. The lowest BCUT2D eigenvalue weighted by Crippen LogP contribution is -2.30. The molecule has 0 aromatic rings. The maximum absolute atomic E-state index is 12.4. The molecular formula is C15H25NO. The highest BCUT2D eigenvalue weighted by Crippen LogP contribution is 2.28. The molecule has 0 saturated heterocycles. The third-order valence-electron chi connectivity index (χ3n) is 4.25. The summed E-state index contributed by atoms with van der Waals surface area (Å²) in [6, 6.07) is 0.338. The largest absolute Gasteiger partial charge is 0.328 e. The van der Waals surface area contributed by atoms with Crippen molar-refractivity contribution in [2.45, 2.75) is 70.3 Å². The zero-order chi connectivity index (χ0) is 12.1. The average Bonchev–Trinajstić information content (AvgIpc) is 2.29. The van der Waals surface area contributed by atoms with Gasteiger partial charge in [0.25, 0.3) is 0 Å². The number of carbonyl (C=O) groups excluding carboxylic acids is 1. The first-order chi connectivity index (χ1) is 8.27. The first-order valence-electron chi connectivity index (χ1n) is 7.26. The summed E-state index contributed by atoms with van der Waals surface area (Å²) in [5.74, 6) is 0.722. The molecule has 0 atom stereocenters. The molecule has 0 bridgehead atoms. The number of rotatable bonds is 2. The lowest BCUT2D eigenvalue weighted by atomic mass is 9.80. The monoisotopic (exact) mass is 235 g/mol. The Labute approximate surface area is 105 Å². The highest BCUT2D eigenvalue weighted by atomic mass is 16.1. The van der Waals surface area contributed by atoms with Crippen molar-refractivity contribution in [2.75, 3.05) is 0 Å². The van der Waals surface area contributed by atoms with Gasteiger partial charge in [0.2, 0.25) is 0 Å². The number of Topliss-reactive ketones (excluding diaryl/α,β-unsaturated/α-hetero) is 1. The molecule has 2 heteroatoms. The van der Waals surface area contributed by atoms with Crippen molar-refractivity contribution >= 4 is 5.78 Å². The minimum absolute atomic E-state index is 0.278. The third-order valence-corrected chi connectivity index (χ3v) is 4.25. The highest BCUT2D eigenvalue weighted by Gasteiger charge is 2.26. The number of allylic oxidation sites excluding steroid dienone is 2. The van der Waals surface area contributed by atoms with Gasteiger partial charge in [0.1, 0.15) is 0 Å². The van der Waals surface area contributed by atoms with E-state index in [-0.39, 0.29) is 5.92 Å². The minimum atomic E-state index is 0.278. The fourth-order valence-corrected chi connectivity index (χ4v) is 3.06. The number of nitrogens with two attached hydrogens (primary N) is 1. The molecule has 0 spiro atoms. The molecule has 1 saturated carbocycles. The van der Waals surface area contributed by atoms with Crippen LogP contribution in [0.25, 0.3) is 0 Å². The van der Waals surface area contributed by atoms with E-state index in [1.807, 2.05) is 0 Å². The molecule has 0 aromatic carbocycles. The molecule has 96 valence electrons. The Balaban J connectivity index is 1.93. The lowest BCUT2D eigenvalue weighted by Gasteiger charge is -2.26. The van der Waals surface area contributed by atoms with Gasteiger partial charge in [0.05, 0.1) is 0 Å². The van der Waals surface area contributed by atoms with Gasteiger partial charge in [-0.25, -0.2) is 0 Å². The average molecular weight is 235 g/mol.